The van der Waals surface area contributed by atoms with Gasteiger partial charge in [0.1, 0.15) is 0 Å². The molecule has 0 bridgehead atoms. The largest absolute Gasteiger partial charge is 0.494 e. The van der Waals surface area contributed by atoms with E-state index in [4.69, 9.17) is 9.31 Å². The highest BCUT2D eigenvalue weighted by Gasteiger charge is 2.51. The molecule has 1 saturated heterocycles. The van der Waals surface area contributed by atoms with Crippen molar-refractivity contribution in [1.82, 2.24) is 4.57 Å². The summed E-state index contributed by atoms with van der Waals surface area (Å²) in [6.45, 7) is 8.42. The molecule has 0 N–H and O–H groups in total. The minimum absolute atomic E-state index is 0.389. The molecule has 9 aromatic rings. The topological polar surface area (TPSA) is 23.4 Å². The summed E-state index contributed by atoms with van der Waals surface area (Å²) in [7, 11) is -0.403. The van der Waals surface area contributed by atoms with Gasteiger partial charge in [0.05, 0.1) is 26.9 Å². The second-order valence-electron chi connectivity index (χ2n) is 13.9. The summed E-state index contributed by atoms with van der Waals surface area (Å²) in [6.07, 6.45) is 0. The van der Waals surface area contributed by atoms with Crippen molar-refractivity contribution in [3.8, 4) is 5.69 Å². The highest BCUT2D eigenvalue weighted by Crippen LogP contribution is 2.50. The monoisotopic (exact) mass is 625 g/mol. The average Bonchev–Trinajstić information content (AvgIpc) is 3.72. The maximum atomic E-state index is 6.43. The SMILES string of the molecule is CC1(C)OB(c2ccc(-n3c4c5ccccc5ccc4c4c5ccccc5c5c6ccc7ccccc7c6sc5c43)cc2)OC1(C)C. The third-order valence-electron chi connectivity index (χ3n) is 10.8. The maximum absolute atomic E-state index is 6.43. The van der Waals surface area contributed by atoms with Crippen LogP contribution in [0.15, 0.2) is 121 Å². The van der Waals surface area contributed by atoms with Crippen LogP contribution >= 0.6 is 11.3 Å². The predicted molar refractivity (Wildman–Crippen MR) is 202 cm³/mol. The van der Waals surface area contributed by atoms with Gasteiger partial charge in [-0.05, 0) is 72.2 Å². The Kier molecular flexibility index (Phi) is 5.52. The van der Waals surface area contributed by atoms with Crippen LogP contribution in [0.5, 0.6) is 0 Å². The molecule has 1 aliphatic rings. The summed E-state index contributed by atoms with van der Waals surface area (Å²) in [6, 6.07) is 44.6. The number of thiophene rings is 1. The average molecular weight is 626 g/mol. The molecule has 1 aliphatic heterocycles. The molecular formula is C42H32BNO2S. The molecule has 0 saturated carbocycles. The van der Waals surface area contributed by atoms with E-state index >= 15 is 0 Å². The zero-order valence-corrected chi connectivity index (χ0v) is 27.6. The molecule has 3 nitrogen and oxygen atoms in total. The summed E-state index contributed by atoms with van der Waals surface area (Å²) in [5, 5.41) is 12.9. The standard InChI is InChI=1S/C42H32BNO2S/c1-41(2)42(3,4)46-43(45-41)27-19-21-28(22-20-27)44-37-29-13-7-5-11-25(29)17-23-33(37)35-31-15-9-10-16-32(31)36-34-24-18-26-12-6-8-14-30(26)39(34)47-40(36)38(35)44/h5-24H,1-4H3. The fourth-order valence-electron chi connectivity index (χ4n) is 7.73. The molecular weight excluding hydrogens is 593 g/mol. The molecule has 0 atom stereocenters. The molecule has 0 spiro atoms. The smallest absolute Gasteiger partial charge is 0.399 e. The van der Waals surface area contributed by atoms with E-state index in [9.17, 15) is 0 Å². The molecule has 7 aromatic carbocycles. The van der Waals surface area contributed by atoms with Crippen molar-refractivity contribution in [1.29, 1.82) is 0 Å². The molecule has 226 valence electrons. The van der Waals surface area contributed by atoms with Crippen LogP contribution in [0.2, 0.25) is 0 Å². The lowest BCUT2D eigenvalue weighted by Crippen LogP contribution is -2.41. The molecule has 0 radical (unpaired) electrons. The Bertz CT molecular complexity index is 2740. The number of hydrogen-bond acceptors (Lipinski definition) is 3. The van der Waals surface area contributed by atoms with E-state index in [0.717, 1.165) is 11.2 Å². The van der Waals surface area contributed by atoms with Crippen LogP contribution in [0, 0.1) is 0 Å². The lowest BCUT2D eigenvalue weighted by atomic mass is 9.79. The van der Waals surface area contributed by atoms with Crippen LogP contribution in [0.3, 0.4) is 0 Å². The summed E-state index contributed by atoms with van der Waals surface area (Å²) >= 11 is 1.93. The van der Waals surface area contributed by atoms with Gasteiger partial charge in [-0.3, -0.25) is 0 Å². The minimum atomic E-state index is -0.403. The van der Waals surface area contributed by atoms with Crippen molar-refractivity contribution in [2.45, 2.75) is 38.9 Å². The third-order valence-corrected chi connectivity index (χ3v) is 12.0. The first-order valence-electron chi connectivity index (χ1n) is 16.4. The van der Waals surface area contributed by atoms with Gasteiger partial charge >= 0.3 is 7.12 Å². The molecule has 0 amide bonds. The zero-order valence-electron chi connectivity index (χ0n) is 26.8. The normalized spacial score (nSPS) is 16.2. The molecule has 0 aliphatic carbocycles. The van der Waals surface area contributed by atoms with Crippen molar-refractivity contribution in [2.75, 3.05) is 0 Å². The number of aromatic nitrogens is 1. The van der Waals surface area contributed by atoms with Gasteiger partial charge in [0.15, 0.2) is 0 Å². The highest BCUT2D eigenvalue weighted by molar-refractivity contribution is 7.27. The summed E-state index contributed by atoms with van der Waals surface area (Å²) in [5.74, 6) is 0. The van der Waals surface area contributed by atoms with E-state index < -0.39 is 7.12 Å². The van der Waals surface area contributed by atoms with E-state index in [1.807, 2.05) is 11.3 Å². The maximum Gasteiger partial charge on any atom is 0.494 e. The van der Waals surface area contributed by atoms with Gasteiger partial charge in [-0.1, -0.05) is 109 Å². The minimum Gasteiger partial charge on any atom is -0.399 e. The van der Waals surface area contributed by atoms with Crippen LogP contribution in [-0.4, -0.2) is 22.9 Å². The zero-order chi connectivity index (χ0) is 31.7. The number of hydrogen-bond donors (Lipinski definition) is 0. The third kappa shape index (κ3) is 3.71. The fourth-order valence-corrected chi connectivity index (χ4v) is 9.13. The number of nitrogens with zero attached hydrogens (tertiary/aromatic N) is 1. The first kappa shape index (κ1) is 27.4. The Morgan fingerprint density at radius 3 is 1.72 bits per heavy atom. The van der Waals surface area contributed by atoms with Crippen molar-refractivity contribution in [3.05, 3.63) is 121 Å². The Hall–Kier alpha value is -4.68. The summed E-state index contributed by atoms with van der Waals surface area (Å²) < 4.78 is 18.0. The van der Waals surface area contributed by atoms with E-state index in [2.05, 4.69) is 154 Å². The van der Waals surface area contributed by atoms with Gasteiger partial charge in [-0.2, -0.15) is 0 Å². The van der Waals surface area contributed by atoms with Crippen LogP contribution in [0.25, 0.3) is 80.0 Å². The van der Waals surface area contributed by atoms with Crippen LogP contribution in [0.4, 0.5) is 0 Å². The van der Waals surface area contributed by atoms with E-state index in [0.29, 0.717) is 0 Å². The van der Waals surface area contributed by atoms with Gasteiger partial charge in [-0.15, -0.1) is 11.3 Å². The molecule has 10 rings (SSSR count). The predicted octanol–water partition coefficient (Wildman–Crippen LogP) is 10.9. The van der Waals surface area contributed by atoms with Crippen molar-refractivity contribution < 1.29 is 9.31 Å². The second kappa shape index (κ2) is 9.45. The second-order valence-corrected chi connectivity index (χ2v) is 15.0. The van der Waals surface area contributed by atoms with Gasteiger partial charge < -0.3 is 13.9 Å². The van der Waals surface area contributed by atoms with Gasteiger partial charge in [-0.25, -0.2) is 0 Å². The van der Waals surface area contributed by atoms with Crippen LogP contribution < -0.4 is 5.46 Å². The summed E-state index contributed by atoms with van der Waals surface area (Å²) in [4.78, 5) is 0. The fraction of sp³-hybridized carbons (Fsp3) is 0.143. The van der Waals surface area contributed by atoms with E-state index in [1.54, 1.807) is 0 Å². The Morgan fingerprint density at radius 1 is 0.489 bits per heavy atom. The molecule has 47 heavy (non-hydrogen) atoms. The first-order chi connectivity index (χ1) is 22.8. The number of fused-ring (bicyclic) bond motifs is 14. The lowest BCUT2D eigenvalue weighted by molar-refractivity contribution is 0.00578. The van der Waals surface area contributed by atoms with Gasteiger partial charge in [0.2, 0.25) is 0 Å². The van der Waals surface area contributed by atoms with E-state index in [-0.39, 0.29) is 11.2 Å². The summed E-state index contributed by atoms with van der Waals surface area (Å²) in [5.41, 5.74) is 3.88. The van der Waals surface area contributed by atoms with Gasteiger partial charge in [0, 0.05) is 37.3 Å². The molecule has 2 aromatic heterocycles. The Morgan fingerprint density at radius 2 is 1.04 bits per heavy atom. The highest BCUT2D eigenvalue weighted by atomic mass is 32.1. The molecule has 1 fully saturated rings. The lowest BCUT2D eigenvalue weighted by Gasteiger charge is -2.32. The Balaban J connectivity index is 1.36. The van der Waals surface area contributed by atoms with Crippen molar-refractivity contribution in [2.24, 2.45) is 0 Å². The van der Waals surface area contributed by atoms with Crippen LogP contribution in [0.1, 0.15) is 27.7 Å². The molecule has 3 heterocycles. The van der Waals surface area contributed by atoms with Crippen molar-refractivity contribution in [3.63, 3.8) is 0 Å². The Labute approximate surface area is 277 Å². The van der Waals surface area contributed by atoms with Gasteiger partial charge in [0.25, 0.3) is 0 Å². The number of benzene rings is 7. The quantitative estimate of drug-likeness (QED) is 0.179. The van der Waals surface area contributed by atoms with Crippen molar-refractivity contribution >= 4 is 98.2 Å². The van der Waals surface area contributed by atoms with E-state index in [1.165, 1.54) is 74.3 Å². The number of rotatable bonds is 2. The van der Waals surface area contributed by atoms with Crippen LogP contribution in [-0.2, 0) is 9.31 Å². The first-order valence-corrected chi connectivity index (χ1v) is 17.2. The molecule has 0 unspecified atom stereocenters. The molecule has 5 heteroatoms.